The Hall–Kier alpha value is -1.08. The summed E-state index contributed by atoms with van der Waals surface area (Å²) in [5, 5.41) is 13.9. The van der Waals surface area contributed by atoms with E-state index < -0.39 is 0 Å². The smallest absolute Gasteiger partial charge is 0.273 e. The molecule has 7 heteroatoms. The number of carbonyl (C=O) groups is 1. The van der Waals surface area contributed by atoms with E-state index in [9.17, 15) is 4.79 Å². The van der Waals surface area contributed by atoms with Crippen molar-refractivity contribution in [3.8, 4) is 0 Å². The molecule has 6 nitrogen and oxygen atoms in total. The molecule has 2 rings (SSSR count). The van der Waals surface area contributed by atoms with Crippen molar-refractivity contribution < 1.29 is 4.79 Å². The zero-order chi connectivity index (χ0) is 13.2. The maximum absolute atomic E-state index is 11.9. The third-order valence-corrected chi connectivity index (χ3v) is 4.35. The minimum atomic E-state index is -0.157. The van der Waals surface area contributed by atoms with Gasteiger partial charge in [-0.05, 0) is 20.1 Å². The third-order valence-electron chi connectivity index (χ3n) is 3.10. The standard InChI is InChI=1S/C11H19N5OS/c1-11(2,18-3)7-13-10(17)9-6-16(15-14-9)8-4-12-5-8/h6,8,12H,4-5,7H2,1-3H3,(H,13,17). The van der Waals surface area contributed by atoms with Crippen molar-refractivity contribution in [3.63, 3.8) is 0 Å². The SMILES string of the molecule is CSC(C)(C)CNC(=O)c1cn(C2CNC2)nn1. The molecule has 1 aliphatic rings. The molecule has 1 amide bonds. The molecular weight excluding hydrogens is 250 g/mol. The summed E-state index contributed by atoms with van der Waals surface area (Å²) < 4.78 is 1.79. The van der Waals surface area contributed by atoms with Crippen LogP contribution in [0.4, 0.5) is 0 Å². The maximum atomic E-state index is 11.9. The van der Waals surface area contributed by atoms with Gasteiger partial charge in [0.25, 0.3) is 5.91 Å². The lowest BCUT2D eigenvalue weighted by molar-refractivity contribution is 0.0945. The van der Waals surface area contributed by atoms with Crippen molar-refractivity contribution in [2.75, 3.05) is 25.9 Å². The monoisotopic (exact) mass is 269 g/mol. The molecule has 0 bridgehead atoms. The molecular formula is C11H19N5OS. The number of nitrogens with one attached hydrogen (secondary N) is 2. The van der Waals surface area contributed by atoms with Crippen molar-refractivity contribution in [2.24, 2.45) is 0 Å². The van der Waals surface area contributed by atoms with Crippen LogP contribution in [-0.2, 0) is 0 Å². The minimum Gasteiger partial charge on any atom is -0.349 e. The minimum absolute atomic E-state index is 0.0313. The Morgan fingerprint density at radius 1 is 1.67 bits per heavy atom. The van der Waals surface area contributed by atoms with Crippen molar-refractivity contribution in [1.29, 1.82) is 0 Å². The molecule has 0 aromatic carbocycles. The Morgan fingerprint density at radius 3 is 2.94 bits per heavy atom. The number of aromatic nitrogens is 3. The lowest BCUT2D eigenvalue weighted by atomic mass is 10.2. The summed E-state index contributed by atoms with van der Waals surface area (Å²) >= 11 is 1.72. The van der Waals surface area contributed by atoms with Crippen LogP contribution in [0.2, 0.25) is 0 Å². The van der Waals surface area contributed by atoms with E-state index in [0.29, 0.717) is 18.3 Å². The molecule has 0 spiro atoms. The van der Waals surface area contributed by atoms with E-state index in [-0.39, 0.29) is 10.7 Å². The number of hydrogen-bond acceptors (Lipinski definition) is 5. The first-order valence-electron chi connectivity index (χ1n) is 5.98. The van der Waals surface area contributed by atoms with Gasteiger partial charge in [-0.25, -0.2) is 4.68 Å². The van der Waals surface area contributed by atoms with Crippen LogP contribution < -0.4 is 10.6 Å². The summed E-state index contributed by atoms with van der Waals surface area (Å²) in [4.78, 5) is 11.9. The van der Waals surface area contributed by atoms with Crippen molar-refractivity contribution >= 4 is 17.7 Å². The van der Waals surface area contributed by atoms with E-state index in [4.69, 9.17) is 0 Å². The summed E-state index contributed by atoms with van der Waals surface area (Å²) in [6.45, 7) is 6.59. The van der Waals surface area contributed by atoms with Crippen molar-refractivity contribution in [1.82, 2.24) is 25.6 Å². The molecule has 1 aliphatic heterocycles. The second-order valence-electron chi connectivity index (χ2n) is 5.04. The van der Waals surface area contributed by atoms with E-state index >= 15 is 0 Å². The summed E-state index contributed by atoms with van der Waals surface area (Å²) in [5.74, 6) is -0.157. The Bertz CT molecular complexity index is 427. The van der Waals surface area contributed by atoms with Gasteiger partial charge in [-0.15, -0.1) is 5.10 Å². The highest BCUT2D eigenvalue weighted by Gasteiger charge is 2.22. The molecule has 0 saturated carbocycles. The molecule has 2 heterocycles. The average Bonchev–Trinajstić information content (AvgIpc) is 2.73. The number of amides is 1. The van der Waals surface area contributed by atoms with Gasteiger partial charge in [0.2, 0.25) is 0 Å². The molecule has 0 radical (unpaired) electrons. The normalized spacial score (nSPS) is 16.4. The maximum Gasteiger partial charge on any atom is 0.273 e. The van der Waals surface area contributed by atoms with Gasteiger partial charge in [0, 0.05) is 24.4 Å². The lowest BCUT2D eigenvalue weighted by Crippen LogP contribution is -2.43. The Morgan fingerprint density at radius 2 is 2.39 bits per heavy atom. The zero-order valence-corrected chi connectivity index (χ0v) is 11.8. The Balaban J connectivity index is 1.90. The van der Waals surface area contributed by atoms with E-state index in [0.717, 1.165) is 13.1 Å². The van der Waals surface area contributed by atoms with Gasteiger partial charge >= 0.3 is 0 Å². The molecule has 1 aromatic rings. The molecule has 1 aromatic heterocycles. The van der Waals surface area contributed by atoms with Crippen LogP contribution in [0.15, 0.2) is 6.20 Å². The van der Waals surface area contributed by atoms with Gasteiger partial charge in [-0.3, -0.25) is 4.79 Å². The summed E-state index contributed by atoms with van der Waals surface area (Å²) in [6.07, 6.45) is 3.75. The van der Waals surface area contributed by atoms with E-state index in [1.807, 2.05) is 6.26 Å². The highest BCUT2D eigenvalue weighted by atomic mass is 32.2. The van der Waals surface area contributed by atoms with Gasteiger partial charge in [0.15, 0.2) is 5.69 Å². The second-order valence-corrected chi connectivity index (χ2v) is 6.56. The average molecular weight is 269 g/mol. The molecule has 0 unspecified atom stereocenters. The van der Waals surface area contributed by atoms with Gasteiger partial charge in [-0.2, -0.15) is 11.8 Å². The third kappa shape index (κ3) is 3.02. The summed E-state index contributed by atoms with van der Waals surface area (Å²) in [5.41, 5.74) is 0.388. The van der Waals surface area contributed by atoms with E-state index in [2.05, 4.69) is 34.8 Å². The molecule has 0 aliphatic carbocycles. The van der Waals surface area contributed by atoms with Crippen LogP contribution >= 0.6 is 11.8 Å². The molecule has 0 atom stereocenters. The van der Waals surface area contributed by atoms with Crippen LogP contribution in [0, 0.1) is 0 Å². The first-order valence-corrected chi connectivity index (χ1v) is 7.20. The Kier molecular flexibility index (Phi) is 3.91. The van der Waals surface area contributed by atoms with Gasteiger partial charge in [0.1, 0.15) is 0 Å². The number of carbonyl (C=O) groups excluding carboxylic acids is 1. The fourth-order valence-electron chi connectivity index (χ4n) is 1.48. The summed E-state index contributed by atoms with van der Waals surface area (Å²) in [6, 6.07) is 0.335. The molecule has 18 heavy (non-hydrogen) atoms. The number of rotatable bonds is 5. The fourth-order valence-corrected chi connectivity index (χ4v) is 1.69. The number of thioether (sulfide) groups is 1. The van der Waals surface area contributed by atoms with E-state index in [1.165, 1.54) is 0 Å². The van der Waals surface area contributed by atoms with Crippen LogP contribution in [0.25, 0.3) is 0 Å². The Labute approximate surface area is 111 Å². The van der Waals surface area contributed by atoms with Crippen LogP contribution in [-0.4, -0.2) is 51.5 Å². The predicted octanol–water partition coefficient (Wildman–Crippen LogP) is 0.294. The van der Waals surface area contributed by atoms with Crippen LogP contribution in [0.5, 0.6) is 0 Å². The van der Waals surface area contributed by atoms with Gasteiger partial charge in [-0.1, -0.05) is 5.21 Å². The highest BCUT2D eigenvalue weighted by Crippen LogP contribution is 2.19. The van der Waals surface area contributed by atoms with Crippen LogP contribution in [0.1, 0.15) is 30.4 Å². The zero-order valence-electron chi connectivity index (χ0n) is 10.9. The van der Waals surface area contributed by atoms with Crippen LogP contribution in [0.3, 0.4) is 0 Å². The highest BCUT2D eigenvalue weighted by molar-refractivity contribution is 7.99. The van der Waals surface area contributed by atoms with E-state index in [1.54, 1.807) is 22.6 Å². The first-order chi connectivity index (χ1) is 8.52. The largest absolute Gasteiger partial charge is 0.349 e. The molecule has 1 fully saturated rings. The summed E-state index contributed by atoms with van der Waals surface area (Å²) in [7, 11) is 0. The van der Waals surface area contributed by atoms with Crippen molar-refractivity contribution in [2.45, 2.75) is 24.6 Å². The molecule has 100 valence electrons. The van der Waals surface area contributed by atoms with Crippen molar-refractivity contribution in [3.05, 3.63) is 11.9 Å². The topological polar surface area (TPSA) is 71.8 Å². The number of nitrogens with zero attached hydrogens (tertiary/aromatic N) is 3. The van der Waals surface area contributed by atoms with Gasteiger partial charge in [0.05, 0.1) is 12.2 Å². The van der Waals surface area contributed by atoms with Gasteiger partial charge < -0.3 is 10.6 Å². The number of hydrogen-bond donors (Lipinski definition) is 2. The quantitative estimate of drug-likeness (QED) is 0.804. The lowest BCUT2D eigenvalue weighted by Gasteiger charge is -2.26. The first kappa shape index (κ1) is 13.4. The molecule has 2 N–H and O–H groups in total. The molecule has 1 saturated heterocycles. The second kappa shape index (κ2) is 5.27. The predicted molar refractivity (Wildman–Crippen MR) is 71.9 cm³/mol. The fraction of sp³-hybridized carbons (Fsp3) is 0.727.